The Morgan fingerprint density at radius 2 is 0.540 bits per heavy atom. The van der Waals surface area contributed by atoms with E-state index in [4.69, 9.17) is 0 Å². The van der Waals surface area contributed by atoms with Crippen molar-refractivity contribution >= 4 is 47.7 Å². The van der Waals surface area contributed by atoms with Crippen molar-refractivity contribution < 1.29 is 33.6 Å². The maximum atomic E-state index is 11.8. The molecule has 0 atom stereocenters. The molecule has 7 aromatic carbocycles. The standard InChI is InChI=1S/2C18H15P.C7H4F3.CH3.Pd/c2*1-4-10-16(11-5-1)19(17-12-6-2-7-13-17)18-14-8-3-9-15-18;8-7(9,10)6-4-2-1-3-5-6;;/h2*1-15H;2-5H;1H3;/q;;2*-1;+2/p+2. The third kappa shape index (κ3) is 12.0. The summed E-state index contributed by atoms with van der Waals surface area (Å²) in [6.07, 6.45) is -4.23. The molecule has 7 rings (SSSR count). The fourth-order valence-electron chi connectivity index (χ4n) is 5.20. The summed E-state index contributed by atoms with van der Waals surface area (Å²) in [5, 5.41) is 8.61. The largest absolute Gasteiger partial charge is 2.00 e. The number of alkyl halides is 3. The minimum atomic E-state index is -4.23. The predicted molar refractivity (Wildman–Crippen MR) is 210 cm³/mol. The summed E-state index contributed by atoms with van der Waals surface area (Å²) in [4.78, 5) is 0. The van der Waals surface area contributed by atoms with Gasteiger partial charge in [-0.2, -0.15) is 43.5 Å². The van der Waals surface area contributed by atoms with Crippen LogP contribution in [0.15, 0.2) is 206 Å². The second-order valence-electron chi connectivity index (χ2n) is 10.7. The van der Waals surface area contributed by atoms with Crippen LogP contribution in [0.2, 0.25) is 0 Å². The molecule has 0 unspecified atom stereocenters. The van der Waals surface area contributed by atoms with Crippen LogP contribution < -0.4 is 31.8 Å². The molecule has 0 aromatic heterocycles. The number of hydrogen-bond acceptors (Lipinski definition) is 0. The van der Waals surface area contributed by atoms with Crippen LogP contribution in [-0.4, -0.2) is 0 Å². The van der Waals surface area contributed by atoms with Crippen LogP contribution in [0.25, 0.3) is 0 Å². The van der Waals surface area contributed by atoms with Crippen molar-refractivity contribution in [3.63, 3.8) is 0 Å². The van der Waals surface area contributed by atoms with Crippen molar-refractivity contribution in [1.29, 1.82) is 0 Å². The first kappa shape index (κ1) is 40.3. The summed E-state index contributed by atoms with van der Waals surface area (Å²) >= 11 is 0. The van der Waals surface area contributed by atoms with Crippen LogP contribution >= 0.6 is 15.8 Å². The van der Waals surface area contributed by atoms with Crippen molar-refractivity contribution in [3.8, 4) is 0 Å². The molecule has 0 nitrogen and oxygen atoms in total. The molecule has 0 N–H and O–H groups in total. The SMILES string of the molecule is FC(F)(F)c1cc[c-]cc1.[CH3-].[Pd+2].c1ccc([PH+](c2ccccc2)c2ccccc2)cc1.c1ccc([PH+](c2ccccc2)c2ccccc2)cc1. The van der Waals surface area contributed by atoms with Gasteiger partial charge in [-0.3, -0.25) is 0 Å². The Balaban J connectivity index is 0.000000209. The molecule has 0 spiro atoms. The molecule has 0 fully saturated rings. The van der Waals surface area contributed by atoms with Crippen LogP contribution in [0.1, 0.15) is 5.56 Å². The zero-order valence-electron chi connectivity index (χ0n) is 27.6. The van der Waals surface area contributed by atoms with Crippen molar-refractivity contribution in [1.82, 2.24) is 0 Å². The van der Waals surface area contributed by atoms with Gasteiger partial charge in [-0.1, -0.05) is 115 Å². The molecule has 0 amide bonds. The zero-order valence-corrected chi connectivity index (χ0v) is 31.1. The molecule has 7 aromatic rings. The first-order chi connectivity index (χ1) is 23.5. The summed E-state index contributed by atoms with van der Waals surface area (Å²) in [7, 11) is -1.75. The van der Waals surface area contributed by atoms with Gasteiger partial charge in [0.05, 0.1) is 15.8 Å². The monoisotopic (exact) mass is 792 g/mol. The maximum Gasteiger partial charge on any atom is 2.00 e. The Morgan fingerprint density at radius 3 is 0.700 bits per heavy atom. The van der Waals surface area contributed by atoms with Gasteiger partial charge in [-0.25, -0.2) is 0 Å². The quantitative estimate of drug-likeness (QED) is 0.0896. The minimum Gasteiger partial charge on any atom is -0.358 e. The number of benzene rings is 7. The van der Waals surface area contributed by atoms with E-state index in [1.54, 1.807) is 0 Å². The molecule has 6 heteroatoms. The van der Waals surface area contributed by atoms with Crippen LogP contribution in [0.3, 0.4) is 0 Å². The fourth-order valence-corrected chi connectivity index (χ4v) is 10.4. The third-order valence-electron chi connectivity index (χ3n) is 7.42. The molecular weight excluding hydrogens is 754 g/mol. The molecule has 0 radical (unpaired) electrons. The first-order valence-electron chi connectivity index (χ1n) is 15.6. The van der Waals surface area contributed by atoms with Crippen molar-refractivity contribution in [2.24, 2.45) is 0 Å². The van der Waals surface area contributed by atoms with Gasteiger partial charge in [0.1, 0.15) is 31.8 Å². The summed E-state index contributed by atoms with van der Waals surface area (Å²) in [5.41, 5.74) is -0.633. The minimum absolute atomic E-state index is 0. The number of hydrogen-bond donors (Lipinski definition) is 0. The van der Waals surface area contributed by atoms with E-state index in [0.717, 1.165) is 12.1 Å². The van der Waals surface area contributed by atoms with Crippen molar-refractivity contribution in [2.75, 3.05) is 0 Å². The summed E-state index contributed by atoms with van der Waals surface area (Å²) in [6.45, 7) is 0. The Hall–Kier alpha value is -4.15. The summed E-state index contributed by atoms with van der Waals surface area (Å²) in [5.74, 6) is 0. The van der Waals surface area contributed by atoms with Gasteiger partial charge in [0, 0.05) is 0 Å². The van der Waals surface area contributed by atoms with E-state index < -0.39 is 27.6 Å². The van der Waals surface area contributed by atoms with Gasteiger partial charge >= 0.3 is 26.6 Å². The topological polar surface area (TPSA) is 0 Å². The molecule has 50 heavy (non-hydrogen) atoms. The fraction of sp³-hybridized carbons (Fsp3) is 0.0227. The van der Waals surface area contributed by atoms with E-state index in [1.165, 1.54) is 44.0 Å². The first-order valence-corrected chi connectivity index (χ1v) is 18.6. The number of rotatable bonds is 6. The van der Waals surface area contributed by atoms with Gasteiger partial charge in [-0.15, -0.1) is 0 Å². The Kier molecular flexibility index (Phi) is 17.0. The molecular formula is C44H39F3P2Pd+2. The molecule has 0 aliphatic carbocycles. The van der Waals surface area contributed by atoms with Gasteiger partial charge in [-0.05, 0) is 72.8 Å². The zero-order chi connectivity index (χ0) is 33.4. The number of halogens is 3. The second kappa shape index (κ2) is 21.2. The van der Waals surface area contributed by atoms with Gasteiger partial charge in [0.15, 0.2) is 0 Å². The van der Waals surface area contributed by atoms with Gasteiger partial charge in [0.25, 0.3) is 0 Å². The molecule has 0 aliphatic rings. The van der Waals surface area contributed by atoms with Gasteiger partial charge < -0.3 is 7.43 Å². The molecule has 0 aliphatic heterocycles. The van der Waals surface area contributed by atoms with Crippen LogP contribution in [0.5, 0.6) is 0 Å². The Labute approximate surface area is 311 Å². The third-order valence-corrected chi connectivity index (χ3v) is 12.9. The average molecular weight is 793 g/mol. The van der Waals surface area contributed by atoms with Crippen LogP contribution in [0.4, 0.5) is 13.2 Å². The Morgan fingerprint density at radius 1 is 0.340 bits per heavy atom. The van der Waals surface area contributed by atoms with E-state index >= 15 is 0 Å². The van der Waals surface area contributed by atoms with Gasteiger partial charge in [0.2, 0.25) is 0 Å². The van der Waals surface area contributed by atoms with Crippen LogP contribution in [-0.2, 0) is 26.6 Å². The predicted octanol–water partition coefficient (Wildman–Crippen LogP) is 9.31. The summed E-state index contributed by atoms with van der Waals surface area (Å²) in [6, 6.07) is 72.0. The average Bonchev–Trinajstić information content (AvgIpc) is 3.15. The molecule has 254 valence electrons. The molecule has 0 heterocycles. The molecule has 0 saturated carbocycles. The van der Waals surface area contributed by atoms with E-state index in [1.807, 2.05) is 0 Å². The molecule has 0 saturated heterocycles. The van der Waals surface area contributed by atoms with E-state index in [0.29, 0.717) is 0 Å². The maximum absolute atomic E-state index is 11.8. The smallest absolute Gasteiger partial charge is 0.358 e. The van der Waals surface area contributed by atoms with E-state index in [9.17, 15) is 13.2 Å². The van der Waals surface area contributed by atoms with Crippen molar-refractivity contribution in [3.05, 3.63) is 225 Å². The van der Waals surface area contributed by atoms with E-state index in [2.05, 4.69) is 188 Å². The van der Waals surface area contributed by atoms with Crippen molar-refractivity contribution in [2.45, 2.75) is 6.18 Å². The summed E-state index contributed by atoms with van der Waals surface area (Å²) < 4.78 is 35.3. The molecule has 0 bridgehead atoms. The Bertz CT molecular complexity index is 1570. The van der Waals surface area contributed by atoms with Crippen LogP contribution in [0, 0.1) is 13.5 Å². The normalized spacial score (nSPS) is 10.3. The second-order valence-corrected chi connectivity index (χ2v) is 15.7. The van der Waals surface area contributed by atoms with E-state index in [-0.39, 0.29) is 27.8 Å².